The Morgan fingerprint density at radius 3 is 1.11 bits per heavy atom. The van der Waals surface area contributed by atoms with Crippen molar-refractivity contribution in [3.63, 3.8) is 0 Å². The van der Waals surface area contributed by atoms with Crippen molar-refractivity contribution in [3.05, 3.63) is 72.9 Å². The van der Waals surface area contributed by atoms with E-state index >= 15 is 0 Å². The molecule has 0 heterocycles. The summed E-state index contributed by atoms with van der Waals surface area (Å²) < 4.78 is 7.87. The van der Waals surface area contributed by atoms with Crippen molar-refractivity contribution in [1.82, 2.24) is 0 Å². The first kappa shape index (κ1) is 12.2. The van der Waals surface area contributed by atoms with Crippen molar-refractivity contribution in [3.8, 4) is 0 Å². The van der Waals surface area contributed by atoms with Crippen LogP contribution in [-0.4, -0.2) is 25.9 Å². The van der Waals surface area contributed by atoms with Gasteiger partial charge >= 0.3 is 114 Å². The van der Waals surface area contributed by atoms with Crippen LogP contribution in [0.3, 0.4) is 0 Å². The van der Waals surface area contributed by atoms with Crippen molar-refractivity contribution in [2.24, 2.45) is 0 Å². The Balaban J connectivity index is 2.04. The van der Waals surface area contributed by atoms with Crippen molar-refractivity contribution in [2.75, 3.05) is 7.11 Å². The molecule has 0 aromatic rings. The molecule has 0 fully saturated rings. The van der Waals surface area contributed by atoms with Gasteiger partial charge in [0.15, 0.2) is 0 Å². The minimum atomic E-state index is -2.89. The summed E-state index contributed by atoms with van der Waals surface area (Å²) in [6.07, 6.45) is 27.0. The van der Waals surface area contributed by atoms with Gasteiger partial charge < -0.3 is 0 Å². The first-order valence-electron chi connectivity index (χ1n) is 6.48. The fourth-order valence-corrected chi connectivity index (χ4v) is 16.5. The molecule has 2 heteroatoms. The monoisotopic (exact) mass is 346 g/mol. The second-order valence-electron chi connectivity index (χ2n) is 4.94. The first-order valence-corrected chi connectivity index (χ1v) is 12.6. The Morgan fingerprint density at radius 1 is 0.611 bits per heavy atom. The van der Waals surface area contributed by atoms with E-state index in [1.165, 1.54) is 0 Å². The van der Waals surface area contributed by atoms with E-state index in [0.29, 0.717) is 11.8 Å². The molecule has 0 amide bonds. The summed E-state index contributed by atoms with van der Waals surface area (Å²) in [4.78, 5) is 0. The van der Waals surface area contributed by atoms with E-state index in [-0.39, 0.29) is 0 Å². The minimum absolute atomic E-state index is 0.527. The summed E-state index contributed by atoms with van der Waals surface area (Å²) in [5.41, 5.74) is 0. The standard InChI is InChI=1S/3C5H5.CH3O.Sn/c3*1-2-4-5-3-1;1-2;/h3*1-5H;1H3;/q;;;-1;+1. The summed E-state index contributed by atoms with van der Waals surface area (Å²) in [6.45, 7) is 0. The average molecular weight is 345 g/mol. The summed E-state index contributed by atoms with van der Waals surface area (Å²) in [6, 6.07) is 0. The van der Waals surface area contributed by atoms with Gasteiger partial charge in [0.1, 0.15) is 0 Å². The van der Waals surface area contributed by atoms with Crippen molar-refractivity contribution in [2.45, 2.75) is 11.8 Å². The van der Waals surface area contributed by atoms with Crippen molar-refractivity contribution < 1.29 is 3.07 Å². The van der Waals surface area contributed by atoms with Gasteiger partial charge in [0.2, 0.25) is 0 Å². The third kappa shape index (κ3) is 1.81. The Labute approximate surface area is 113 Å². The molecule has 0 unspecified atom stereocenters. The SMILES string of the molecule is C[O][Sn]([CH]1C=CC=C1)([CH]1C=CC=C1)[CH]1C=CC=C1. The number of rotatable bonds is 4. The molecule has 0 aliphatic heterocycles. The van der Waals surface area contributed by atoms with E-state index in [4.69, 9.17) is 3.07 Å². The molecular weight excluding hydrogens is 327 g/mol. The number of hydrogen-bond acceptors (Lipinski definition) is 1. The summed E-state index contributed by atoms with van der Waals surface area (Å²) in [7, 11) is 1.93. The van der Waals surface area contributed by atoms with Crippen molar-refractivity contribution >= 4 is 18.8 Å². The summed E-state index contributed by atoms with van der Waals surface area (Å²) >= 11 is -2.89. The van der Waals surface area contributed by atoms with Gasteiger partial charge in [-0.05, 0) is 0 Å². The van der Waals surface area contributed by atoms with Crippen LogP contribution in [0.1, 0.15) is 0 Å². The molecule has 3 aliphatic rings. The van der Waals surface area contributed by atoms with Crippen LogP contribution < -0.4 is 0 Å². The number of hydrogen-bond donors (Lipinski definition) is 0. The molecule has 0 saturated heterocycles. The molecule has 0 bridgehead atoms. The van der Waals surface area contributed by atoms with Crippen LogP contribution in [0.25, 0.3) is 0 Å². The van der Waals surface area contributed by atoms with E-state index in [2.05, 4.69) is 72.9 Å². The molecule has 0 saturated carbocycles. The van der Waals surface area contributed by atoms with Gasteiger partial charge in [0.05, 0.1) is 0 Å². The van der Waals surface area contributed by atoms with Crippen LogP contribution in [0.5, 0.6) is 0 Å². The second kappa shape index (κ2) is 5.06. The molecule has 0 N–H and O–H groups in total. The molecular formula is C16H18OSn. The van der Waals surface area contributed by atoms with Gasteiger partial charge in [0, 0.05) is 0 Å². The van der Waals surface area contributed by atoms with Crippen LogP contribution in [0.2, 0.25) is 11.8 Å². The Hall–Kier alpha value is -0.801. The van der Waals surface area contributed by atoms with Gasteiger partial charge in [-0.3, -0.25) is 0 Å². The fourth-order valence-electron chi connectivity index (χ4n) is 3.27. The van der Waals surface area contributed by atoms with E-state index in [1.807, 2.05) is 7.11 Å². The van der Waals surface area contributed by atoms with Crippen LogP contribution in [0.4, 0.5) is 0 Å². The molecule has 1 nitrogen and oxygen atoms in total. The third-order valence-corrected chi connectivity index (χ3v) is 18.4. The summed E-state index contributed by atoms with van der Waals surface area (Å²) in [5, 5.41) is 0. The molecule has 92 valence electrons. The van der Waals surface area contributed by atoms with E-state index in [0.717, 1.165) is 0 Å². The zero-order chi connectivity index (χ0) is 12.4. The number of allylic oxidation sites excluding steroid dienone is 12. The quantitative estimate of drug-likeness (QED) is 0.698. The van der Waals surface area contributed by atoms with Gasteiger partial charge in [0.25, 0.3) is 0 Å². The fraction of sp³-hybridized carbons (Fsp3) is 0.250. The third-order valence-electron chi connectivity index (χ3n) is 4.16. The maximum absolute atomic E-state index is 6.29. The van der Waals surface area contributed by atoms with Gasteiger partial charge in [-0.15, -0.1) is 0 Å². The van der Waals surface area contributed by atoms with Crippen LogP contribution in [0, 0.1) is 0 Å². The predicted molar refractivity (Wildman–Crippen MR) is 78.9 cm³/mol. The molecule has 0 aromatic carbocycles. The summed E-state index contributed by atoms with van der Waals surface area (Å²) in [5.74, 6) is 0. The zero-order valence-corrected chi connectivity index (χ0v) is 13.4. The van der Waals surface area contributed by atoms with E-state index in [9.17, 15) is 0 Å². The predicted octanol–water partition coefficient (Wildman–Crippen LogP) is 4.07. The Morgan fingerprint density at radius 2 is 0.889 bits per heavy atom. The van der Waals surface area contributed by atoms with Crippen LogP contribution in [0.15, 0.2) is 72.9 Å². The zero-order valence-electron chi connectivity index (χ0n) is 10.6. The van der Waals surface area contributed by atoms with Crippen LogP contribution in [-0.2, 0) is 3.07 Å². The topological polar surface area (TPSA) is 9.23 Å². The maximum atomic E-state index is 6.29. The normalized spacial score (nSPS) is 23.2. The van der Waals surface area contributed by atoms with E-state index < -0.39 is 18.8 Å². The Bertz CT molecular complexity index is 388. The van der Waals surface area contributed by atoms with Crippen molar-refractivity contribution in [1.29, 1.82) is 0 Å². The van der Waals surface area contributed by atoms with Crippen LogP contribution >= 0.6 is 0 Å². The van der Waals surface area contributed by atoms with Gasteiger partial charge in [-0.25, -0.2) is 0 Å². The second-order valence-corrected chi connectivity index (χ2v) is 16.7. The molecule has 0 aromatic heterocycles. The molecule has 0 spiro atoms. The van der Waals surface area contributed by atoms with Gasteiger partial charge in [-0.1, -0.05) is 0 Å². The molecule has 18 heavy (non-hydrogen) atoms. The first-order chi connectivity index (χ1) is 8.88. The molecule has 3 rings (SSSR count). The average Bonchev–Trinajstić information content (AvgIpc) is 3.16. The van der Waals surface area contributed by atoms with Gasteiger partial charge in [-0.2, -0.15) is 0 Å². The molecule has 0 radical (unpaired) electrons. The molecule has 0 atom stereocenters. The molecule has 3 aliphatic carbocycles. The Kier molecular flexibility index (Phi) is 3.44. The van der Waals surface area contributed by atoms with E-state index in [1.54, 1.807) is 0 Å².